The third-order valence-electron chi connectivity index (χ3n) is 4.90. The Bertz CT molecular complexity index is 488. The fraction of sp³-hybridized carbons (Fsp3) is 0.833. The molecule has 0 saturated carbocycles. The van der Waals surface area contributed by atoms with Gasteiger partial charge in [0.2, 0.25) is 0 Å². The lowest BCUT2D eigenvalue weighted by Gasteiger charge is -2.28. The summed E-state index contributed by atoms with van der Waals surface area (Å²) in [6.45, 7) is 13.3. The Hall–Kier alpha value is -1.26. The smallest absolute Gasteiger partial charge is 0.466 e. The van der Waals surface area contributed by atoms with Crippen LogP contribution < -0.4 is 5.32 Å². The molecular formula is C24H47NO7Si. The van der Waals surface area contributed by atoms with Gasteiger partial charge >= 0.3 is 20.7 Å². The average molecular weight is 490 g/mol. The van der Waals surface area contributed by atoms with E-state index in [2.05, 4.69) is 11.9 Å². The maximum absolute atomic E-state index is 11.8. The second kappa shape index (κ2) is 22.5. The molecule has 9 heteroatoms. The third kappa shape index (κ3) is 18.8. The number of carbonyl (C=O) groups is 2. The fourth-order valence-corrected chi connectivity index (χ4v) is 5.94. The molecule has 0 aromatic heterocycles. The van der Waals surface area contributed by atoms with E-state index in [1.807, 2.05) is 20.8 Å². The van der Waals surface area contributed by atoms with Crippen LogP contribution in [0.25, 0.3) is 0 Å². The molecule has 0 aromatic carbocycles. The van der Waals surface area contributed by atoms with Crippen LogP contribution >= 0.6 is 0 Å². The predicted molar refractivity (Wildman–Crippen MR) is 132 cm³/mol. The summed E-state index contributed by atoms with van der Waals surface area (Å²) in [5, 5.41) is 3.29. The topological polar surface area (TPSA) is 92.3 Å². The number of nitrogens with one attached hydrogen (secondary N) is 1. The highest BCUT2D eigenvalue weighted by atomic mass is 28.4. The van der Waals surface area contributed by atoms with Crippen molar-refractivity contribution in [1.29, 1.82) is 0 Å². The molecule has 0 aromatic rings. The standard InChI is InChI=1S/C24H47NO7Si/c1-5-23(26)28-20-14-12-10-9-11-13-15-21-29-24(27)17-19-25-18-16-22-33(30-6-2,31-7-3)32-8-4/h5,25H,1,6-22H2,2-4H3. The van der Waals surface area contributed by atoms with Gasteiger partial charge in [-0.1, -0.05) is 38.7 Å². The molecule has 0 aliphatic heterocycles. The number of carbonyl (C=O) groups excluding carboxylic acids is 2. The van der Waals surface area contributed by atoms with Crippen molar-refractivity contribution in [2.75, 3.05) is 46.1 Å². The SMILES string of the molecule is C=CC(=O)OCCCCCCCCCOC(=O)CCNCCC[Si](OCC)(OCC)OCC. The quantitative estimate of drug-likeness (QED) is 0.0923. The first-order chi connectivity index (χ1) is 16.0. The predicted octanol–water partition coefficient (Wildman–Crippen LogP) is 4.41. The van der Waals surface area contributed by atoms with Gasteiger partial charge in [-0.25, -0.2) is 4.79 Å². The Morgan fingerprint density at radius 2 is 1.27 bits per heavy atom. The molecule has 0 unspecified atom stereocenters. The van der Waals surface area contributed by atoms with Gasteiger partial charge in [0.1, 0.15) is 0 Å². The van der Waals surface area contributed by atoms with Crippen LogP contribution in [0, 0.1) is 0 Å². The van der Waals surface area contributed by atoms with Crippen LogP contribution in [0.15, 0.2) is 12.7 Å². The molecule has 0 saturated heterocycles. The molecule has 0 spiro atoms. The fourth-order valence-electron chi connectivity index (χ4n) is 3.32. The number of hydrogen-bond acceptors (Lipinski definition) is 8. The van der Waals surface area contributed by atoms with E-state index in [0.29, 0.717) is 46.0 Å². The Morgan fingerprint density at radius 1 is 0.758 bits per heavy atom. The lowest BCUT2D eigenvalue weighted by atomic mass is 10.1. The van der Waals surface area contributed by atoms with Crippen LogP contribution in [0.1, 0.15) is 78.6 Å². The lowest BCUT2D eigenvalue weighted by molar-refractivity contribution is -0.143. The molecule has 0 amide bonds. The summed E-state index contributed by atoms with van der Waals surface area (Å²) in [6, 6.07) is 0.767. The first-order valence-electron chi connectivity index (χ1n) is 12.6. The Morgan fingerprint density at radius 3 is 1.79 bits per heavy atom. The van der Waals surface area contributed by atoms with E-state index in [9.17, 15) is 9.59 Å². The number of hydrogen-bond donors (Lipinski definition) is 1. The van der Waals surface area contributed by atoms with Crippen molar-refractivity contribution in [3.8, 4) is 0 Å². The lowest BCUT2D eigenvalue weighted by Crippen LogP contribution is -2.46. The van der Waals surface area contributed by atoms with Gasteiger partial charge in [0.05, 0.1) is 19.6 Å². The second-order valence-corrected chi connectivity index (χ2v) is 10.4. The van der Waals surface area contributed by atoms with Crippen LogP contribution in [0.3, 0.4) is 0 Å². The largest absolute Gasteiger partial charge is 0.500 e. The van der Waals surface area contributed by atoms with Crippen molar-refractivity contribution in [2.45, 2.75) is 84.6 Å². The van der Waals surface area contributed by atoms with Gasteiger partial charge in [-0.15, -0.1) is 0 Å². The summed E-state index contributed by atoms with van der Waals surface area (Å²) < 4.78 is 27.8. The number of ether oxygens (including phenoxy) is 2. The van der Waals surface area contributed by atoms with Gasteiger partial charge < -0.3 is 28.1 Å². The second-order valence-electron chi connectivity index (χ2n) is 7.65. The van der Waals surface area contributed by atoms with Gasteiger partial charge in [0.25, 0.3) is 0 Å². The van der Waals surface area contributed by atoms with E-state index < -0.39 is 8.80 Å². The van der Waals surface area contributed by atoms with E-state index in [4.69, 9.17) is 22.8 Å². The molecule has 0 fully saturated rings. The van der Waals surface area contributed by atoms with Crippen molar-refractivity contribution >= 4 is 20.7 Å². The summed E-state index contributed by atoms with van der Waals surface area (Å²) in [7, 11) is -2.58. The summed E-state index contributed by atoms with van der Waals surface area (Å²) in [5.41, 5.74) is 0. The molecule has 0 heterocycles. The zero-order valence-corrected chi connectivity index (χ0v) is 22.2. The summed E-state index contributed by atoms with van der Waals surface area (Å²) in [6.07, 6.45) is 9.74. The Kier molecular flexibility index (Phi) is 21.7. The summed E-state index contributed by atoms with van der Waals surface area (Å²) in [4.78, 5) is 22.7. The van der Waals surface area contributed by atoms with Crippen molar-refractivity contribution in [3.05, 3.63) is 12.7 Å². The molecule has 0 aliphatic carbocycles. The van der Waals surface area contributed by atoms with Gasteiger partial charge in [0, 0.05) is 38.5 Å². The van der Waals surface area contributed by atoms with Crippen molar-refractivity contribution in [2.24, 2.45) is 0 Å². The number of rotatable bonds is 24. The number of unbranched alkanes of at least 4 members (excludes halogenated alkanes) is 6. The summed E-state index contributed by atoms with van der Waals surface area (Å²) in [5.74, 6) is -0.511. The van der Waals surface area contributed by atoms with E-state index >= 15 is 0 Å². The van der Waals surface area contributed by atoms with Crippen molar-refractivity contribution in [3.63, 3.8) is 0 Å². The van der Waals surface area contributed by atoms with Crippen LogP contribution in [0.4, 0.5) is 0 Å². The molecule has 0 rings (SSSR count). The van der Waals surface area contributed by atoms with E-state index in [-0.39, 0.29) is 11.9 Å². The minimum atomic E-state index is -2.58. The van der Waals surface area contributed by atoms with Gasteiger partial charge in [-0.05, 0) is 46.6 Å². The van der Waals surface area contributed by atoms with Crippen LogP contribution in [-0.4, -0.2) is 66.9 Å². The highest BCUT2D eigenvalue weighted by Crippen LogP contribution is 2.17. The van der Waals surface area contributed by atoms with Gasteiger partial charge in [0.15, 0.2) is 0 Å². The highest BCUT2D eigenvalue weighted by molar-refractivity contribution is 6.60. The molecule has 0 bridgehead atoms. The molecule has 8 nitrogen and oxygen atoms in total. The highest BCUT2D eigenvalue weighted by Gasteiger charge is 2.39. The minimum Gasteiger partial charge on any atom is -0.466 e. The zero-order chi connectivity index (χ0) is 24.6. The molecule has 0 atom stereocenters. The molecule has 0 aliphatic rings. The maximum atomic E-state index is 11.8. The average Bonchev–Trinajstić information content (AvgIpc) is 2.80. The van der Waals surface area contributed by atoms with Crippen LogP contribution in [-0.2, 0) is 32.3 Å². The van der Waals surface area contributed by atoms with Crippen LogP contribution in [0.5, 0.6) is 0 Å². The van der Waals surface area contributed by atoms with Crippen molar-refractivity contribution < 1.29 is 32.3 Å². The number of esters is 2. The Balaban J connectivity index is 3.58. The van der Waals surface area contributed by atoms with E-state index in [1.54, 1.807) is 0 Å². The first kappa shape index (κ1) is 31.7. The Labute approximate surface area is 202 Å². The third-order valence-corrected chi connectivity index (χ3v) is 8.05. The molecule has 0 radical (unpaired) electrons. The van der Waals surface area contributed by atoms with E-state index in [1.165, 1.54) is 6.08 Å². The minimum absolute atomic E-state index is 0.154. The van der Waals surface area contributed by atoms with Crippen molar-refractivity contribution in [1.82, 2.24) is 5.32 Å². The van der Waals surface area contributed by atoms with Gasteiger partial charge in [-0.2, -0.15) is 0 Å². The molecule has 1 N–H and O–H groups in total. The zero-order valence-electron chi connectivity index (χ0n) is 21.2. The molecule has 33 heavy (non-hydrogen) atoms. The first-order valence-corrected chi connectivity index (χ1v) is 14.5. The van der Waals surface area contributed by atoms with Gasteiger partial charge in [-0.3, -0.25) is 4.79 Å². The van der Waals surface area contributed by atoms with Crippen LogP contribution in [0.2, 0.25) is 6.04 Å². The molecule has 194 valence electrons. The monoisotopic (exact) mass is 489 g/mol. The summed E-state index contributed by atoms with van der Waals surface area (Å²) >= 11 is 0. The van der Waals surface area contributed by atoms with E-state index in [0.717, 1.165) is 64.0 Å². The maximum Gasteiger partial charge on any atom is 0.500 e. The normalized spacial score (nSPS) is 11.4. The molecular weight excluding hydrogens is 442 g/mol.